The molecule has 0 radical (unpaired) electrons. The van der Waals surface area contributed by atoms with Crippen molar-refractivity contribution < 1.29 is 14.7 Å². The van der Waals surface area contributed by atoms with Crippen LogP contribution in [0.3, 0.4) is 0 Å². The second kappa shape index (κ2) is 8.70. The molecule has 0 saturated heterocycles. The zero-order valence-electron chi connectivity index (χ0n) is 17.4. The molecular weight excluding hydrogens is 520 g/mol. The molecule has 1 atom stereocenters. The summed E-state index contributed by atoms with van der Waals surface area (Å²) < 4.78 is 0.794. The maximum absolute atomic E-state index is 13.8. The van der Waals surface area contributed by atoms with E-state index in [1.807, 2.05) is 60.0 Å². The highest BCUT2D eigenvalue weighted by Crippen LogP contribution is 2.44. The molecule has 3 heterocycles. The molecule has 0 bridgehead atoms. The van der Waals surface area contributed by atoms with E-state index in [-0.39, 0.29) is 11.4 Å². The van der Waals surface area contributed by atoms with Gasteiger partial charge in [-0.15, -0.1) is 22.7 Å². The van der Waals surface area contributed by atoms with Crippen LogP contribution in [0.15, 0.2) is 87.9 Å². The van der Waals surface area contributed by atoms with E-state index in [9.17, 15) is 14.7 Å². The summed E-state index contributed by atoms with van der Waals surface area (Å²) in [7, 11) is 0. The number of hydrogen-bond acceptors (Lipinski definition) is 6. The predicted molar refractivity (Wildman–Crippen MR) is 135 cm³/mol. The number of aromatic nitrogens is 1. The molecule has 1 amide bonds. The number of hydrogen-bond donors (Lipinski definition) is 1. The molecule has 8 heteroatoms. The summed E-state index contributed by atoms with van der Waals surface area (Å²) in [6, 6.07) is 19.9. The predicted octanol–water partition coefficient (Wildman–Crippen LogP) is 6.73. The van der Waals surface area contributed by atoms with Gasteiger partial charge in [0.1, 0.15) is 11.0 Å². The molecule has 2 aromatic carbocycles. The van der Waals surface area contributed by atoms with Gasteiger partial charge in [0.25, 0.3) is 5.91 Å². The third-order valence-corrected chi connectivity index (χ3v) is 8.00. The van der Waals surface area contributed by atoms with E-state index in [2.05, 4.69) is 20.9 Å². The number of carbonyl (C=O) groups is 2. The van der Waals surface area contributed by atoms with Crippen LogP contribution in [-0.2, 0) is 4.79 Å². The Bertz CT molecular complexity index is 1390. The molecule has 1 N–H and O–H groups in total. The summed E-state index contributed by atoms with van der Waals surface area (Å²) in [5.41, 5.74) is 2.15. The van der Waals surface area contributed by atoms with Gasteiger partial charge in [0.2, 0.25) is 5.78 Å². The first-order chi connectivity index (χ1) is 16.0. The van der Waals surface area contributed by atoms with Crippen molar-refractivity contribution in [2.24, 2.45) is 0 Å². The second-order valence-corrected chi connectivity index (χ2v) is 10.4. The van der Waals surface area contributed by atoms with E-state index in [1.54, 1.807) is 19.1 Å². The van der Waals surface area contributed by atoms with Crippen molar-refractivity contribution in [3.63, 3.8) is 0 Å². The number of thiazole rings is 1. The number of thiophene rings is 1. The first-order valence-electron chi connectivity index (χ1n) is 10.1. The van der Waals surface area contributed by atoms with Gasteiger partial charge in [-0.1, -0.05) is 58.4 Å². The van der Waals surface area contributed by atoms with E-state index < -0.39 is 17.7 Å². The van der Waals surface area contributed by atoms with Crippen LogP contribution in [0.25, 0.3) is 10.6 Å². The number of aliphatic hydroxyl groups excluding tert-OH is 1. The van der Waals surface area contributed by atoms with Crippen LogP contribution in [0.5, 0.6) is 0 Å². The summed E-state index contributed by atoms with van der Waals surface area (Å²) in [6.45, 7) is 1.77. The maximum Gasteiger partial charge on any atom is 0.294 e. The minimum absolute atomic E-state index is 0.0776. The highest BCUT2D eigenvalue weighted by Gasteiger charge is 2.45. The molecular formula is C25H17BrN2O3S2. The van der Waals surface area contributed by atoms with Crippen molar-refractivity contribution in [2.45, 2.75) is 13.0 Å². The maximum atomic E-state index is 13.8. The third kappa shape index (κ3) is 3.84. The van der Waals surface area contributed by atoms with Gasteiger partial charge in [0, 0.05) is 20.6 Å². The standard InChI is InChI=1S/C25H17BrN2O3S2/c1-14-23(33-24(27-14)15-7-3-2-4-8-15)21(29)19-20(18-11-6-12-32-18)28(25(31)22(19)30)17-10-5-9-16(26)13-17/h2-13,20,30H,1H3. The van der Waals surface area contributed by atoms with Gasteiger partial charge in [-0.25, -0.2) is 4.98 Å². The number of aryl methyl sites for hydroxylation is 1. The molecule has 0 fully saturated rings. The van der Waals surface area contributed by atoms with Crippen molar-refractivity contribution in [1.29, 1.82) is 0 Å². The lowest BCUT2D eigenvalue weighted by molar-refractivity contribution is -0.117. The number of rotatable bonds is 5. The fraction of sp³-hybridized carbons (Fsp3) is 0.0800. The molecule has 164 valence electrons. The number of amides is 1. The van der Waals surface area contributed by atoms with Crippen LogP contribution in [0.1, 0.15) is 26.3 Å². The molecule has 4 aromatic rings. The molecule has 1 unspecified atom stereocenters. The highest BCUT2D eigenvalue weighted by molar-refractivity contribution is 9.10. The van der Waals surface area contributed by atoms with E-state index in [4.69, 9.17) is 0 Å². The largest absolute Gasteiger partial charge is 0.503 e. The fourth-order valence-corrected chi connectivity index (χ4v) is 6.12. The Labute approximate surface area is 206 Å². The number of nitrogens with zero attached hydrogens (tertiary/aromatic N) is 2. The Balaban J connectivity index is 1.61. The van der Waals surface area contributed by atoms with Crippen LogP contribution in [0.4, 0.5) is 5.69 Å². The number of benzene rings is 2. The molecule has 1 aliphatic heterocycles. The number of anilines is 1. The van der Waals surface area contributed by atoms with Gasteiger partial charge in [-0.05, 0) is 36.6 Å². The van der Waals surface area contributed by atoms with Gasteiger partial charge in [0.05, 0.1) is 16.1 Å². The van der Waals surface area contributed by atoms with E-state index in [0.717, 1.165) is 19.9 Å². The number of Topliss-reactive ketones (excluding diaryl/α,β-unsaturated/α-hetero) is 1. The van der Waals surface area contributed by atoms with Crippen LogP contribution < -0.4 is 4.90 Å². The first-order valence-corrected chi connectivity index (χ1v) is 12.6. The fourth-order valence-electron chi connectivity index (χ4n) is 3.88. The lowest BCUT2D eigenvalue weighted by atomic mass is 10.00. The summed E-state index contributed by atoms with van der Waals surface area (Å²) in [6.07, 6.45) is 0. The molecule has 33 heavy (non-hydrogen) atoms. The average molecular weight is 537 g/mol. The van der Waals surface area contributed by atoms with E-state index >= 15 is 0 Å². The van der Waals surface area contributed by atoms with Crippen molar-refractivity contribution in [2.75, 3.05) is 4.90 Å². The van der Waals surface area contributed by atoms with Crippen LogP contribution in [0.2, 0.25) is 0 Å². The molecule has 5 nitrogen and oxygen atoms in total. The van der Waals surface area contributed by atoms with Crippen molar-refractivity contribution in [1.82, 2.24) is 4.98 Å². The summed E-state index contributed by atoms with van der Waals surface area (Å²) >= 11 is 6.15. The number of aliphatic hydroxyl groups is 1. The second-order valence-electron chi connectivity index (χ2n) is 7.46. The molecule has 0 saturated carbocycles. The summed E-state index contributed by atoms with van der Waals surface area (Å²) in [4.78, 5) is 34.3. The zero-order chi connectivity index (χ0) is 23.1. The van der Waals surface area contributed by atoms with Gasteiger partial charge >= 0.3 is 0 Å². The lowest BCUT2D eigenvalue weighted by Gasteiger charge is -2.25. The Kier molecular flexibility index (Phi) is 5.74. The Morgan fingerprint density at radius 2 is 1.88 bits per heavy atom. The van der Waals surface area contributed by atoms with Gasteiger partial charge in [0.15, 0.2) is 5.76 Å². The molecule has 0 spiro atoms. The Morgan fingerprint density at radius 3 is 2.58 bits per heavy atom. The normalized spacial score (nSPS) is 16.0. The number of ketones is 1. The topological polar surface area (TPSA) is 70.5 Å². The van der Waals surface area contributed by atoms with Crippen molar-refractivity contribution in [3.05, 3.63) is 103 Å². The summed E-state index contributed by atoms with van der Waals surface area (Å²) in [5.74, 6) is -1.50. The van der Waals surface area contributed by atoms with Crippen LogP contribution >= 0.6 is 38.6 Å². The highest BCUT2D eigenvalue weighted by atomic mass is 79.9. The van der Waals surface area contributed by atoms with Crippen LogP contribution in [-0.4, -0.2) is 21.8 Å². The molecule has 1 aliphatic rings. The SMILES string of the molecule is Cc1nc(-c2ccccc2)sc1C(=O)C1=C(O)C(=O)N(c2cccc(Br)c2)C1c1cccs1. The monoisotopic (exact) mass is 536 g/mol. The van der Waals surface area contributed by atoms with Crippen molar-refractivity contribution >= 4 is 56.0 Å². The average Bonchev–Trinajstić information content (AvgIpc) is 3.53. The minimum atomic E-state index is -0.721. The minimum Gasteiger partial charge on any atom is -0.503 e. The molecule has 5 rings (SSSR count). The van der Waals surface area contributed by atoms with Crippen molar-refractivity contribution in [3.8, 4) is 10.6 Å². The zero-order valence-corrected chi connectivity index (χ0v) is 20.6. The quantitative estimate of drug-likeness (QED) is 0.287. The number of carbonyl (C=O) groups excluding carboxylic acids is 2. The van der Waals surface area contributed by atoms with Crippen LogP contribution in [0, 0.1) is 6.92 Å². The summed E-state index contributed by atoms with van der Waals surface area (Å²) in [5, 5.41) is 13.5. The van der Waals surface area contributed by atoms with E-state index in [0.29, 0.717) is 16.3 Å². The third-order valence-electron chi connectivity index (χ3n) is 5.38. The Morgan fingerprint density at radius 1 is 1.09 bits per heavy atom. The smallest absolute Gasteiger partial charge is 0.294 e. The Hall–Kier alpha value is -3.07. The van der Waals surface area contributed by atoms with Gasteiger partial charge in [-0.3, -0.25) is 14.5 Å². The molecule has 2 aromatic heterocycles. The first kappa shape index (κ1) is 21.8. The lowest BCUT2D eigenvalue weighted by Crippen LogP contribution is -2.30. The van der Waals surface area contributed by atoms with E-state index in [1.165, 1.54) is 27.6 Å². The van der Waals surface area contributed by atoms with Gasteiger partial charge in [-0.2, -0.15) is 0 Å². The number of halogens is 1. The molecule has 0 aliphatic carbocycles. The van der Waals surface area contributed by atoms with Gasteiger partial charge < -0.3 is 5.11 Å².